The molecule has 0 saturated heterocycles. The summed E-state index contributed by atoms with van der Waals surface area (Å²) < 4.78 is 0. The predicted octanol–water partition coefficient (Wildman–Crippen LogP) is 3.14. The third kappa shape index (κ3) is 1.48. The van der Waals surface area contributed by atoms with Gasteiger partial charge in [-0.3, -0.25) is 4.98 Å². The van der Waals surface area contributed by atoms with Gasteiger partial charge in [-0.2, -0.15) is 0 Å². The average Bonchev–Trinajstić information content (AvgIpc) is 2.89. The molecule has 2 rings (SSSR count). The summed E-state index contributed by atoms with van der Waals surface area (Å²) in [7, 11) is 0. The zero-order valence-corrected chi connectivity index (χ0v) is 8.72. The number of aromatic nitrogens is 1. The molecule has 0 spiro atoms. The van der Waals surface area contributed by atoms with Crippen LogP contribution in [0.2, 0.25) is 0 Å². The fraction of sp³-hybridized carbons (Fsp3) is 0.583. The van der Waals surface area contributed by atoms with Gasteiger partial charge < -0.3 is 0 Å². The molecule has 0 unspecified atom stereocenters. The Labute approximate surface area is 80.2 Å². The molecular formula is C12H17N. The van der Waals surface area contributed by atoms with Crippen molar-refractivity contribution in [2.75, 3.05) is 0 Å². The second-order valence-corrected chi connectivity index (χ2v) is 4.05. The second-order valence-electron chi connectivity index (χ2n) is 4.05. The monoisotopic (exact) mass is 175 g/mol. The van der Waals surface area contributed by atoms with E-state index in [0.29, 0.717) is 0 Å². The molecule has 1 nitrogen and oxygen atoms in total. The summed E-state index contributed by atoms with van der Waals surface area (Å²) in [4.78, 5) is 4.47. The maximum Gasteiger partial charge on any atom is 0.0433 e. The zero-order valence-electron chi connectivity index (χ0n) is 8.72. The van der Waals surface area contributed by atoms with Gasteiger partial charge >= 0.3 is 0 Å². The van der Waals surface area contributed by atoms with E-state index in [4.69, 9.17) is 0 Å². The third-order valence-corrected chi connectivity index (χ3v) is 3.00. The minimum atomic E-state index is 0.855. The van der Waals surface area contributed by atoms with E-state index >= 15 is 0 Å². The SMILES string of the molecule is CCc1ncc(C)c(C2CC2)c1C. The molecular weight excluding hydrogens is 158 g/mol. The summed E-state index contributed by atoms with van der Waals surface area (Å²) in [5.74, 6) is 0.855. The van der Waals surface area contributed by atoms with Gasteiger partial charge in [0.15, 0.2) is 0 Å². The molecule has 0 radical (unpaired) electrons. The molecule has 0 aliphatic heterocycles. The van der Waals surface area contributed by atoms with Crippen molar-refractivity contribution >= 4 is 0 Å². The summed E-state index contributed by atoms with van der Waals surface area (Å²) in [6, 6.07) is 0. The molecule has 1 heterocycles. The molecule has 70 valence electrons. The highest BCUT2D eigenvalue weighted by Gasteiger charge is 2.27. The predicted molar refractivity (Wildman–Crippen MR) is 55.1 cm³/mol. The van der Waals surface area contributed by atoms with Crippen molar-refractivity contribution in [3.8, 4) is 0 Å². The van der Waals surface area contributed by atoms with Crippen LogP contribution < -0.4 is 0 Å². The Morgan fingerprint density at radius 2 is 2.08 bits per heavy atom. The Morgan fingerprint density at radius 1 is 1.38 bits per heavy atom. The van der Waals surface area contributed by atoms with Gasteiger partial charge in [0.25, 0.3) is 0 Å². The summed E-state index contributed by atoms with van der Waals surface area (Å²) in [6.45, 7) is 6.60. The van der Waals surface area contributed by atoms with Gasteiger partial charge in [-0.1, -0.05) is 6.92 Å². The van der Waals surface area contributed by atoms with Crippen LogP contribution in [-0.4, -0.2) is 4.98 Å². The number of nitrogens with zero attached hydrogens (tertiary/aromatic N) is 1. The van der Waals surface area contributed by atoms with Crippen molar-refractivity contribution in [2.24, 2.45) is 0 Å². The van der Waals surface area contributed by atoms with Crippen molar-refractivity contribution in [3.63, 3.8) is 0 Å². The Morgan fingerprint density at radius 3 is 2.62 bits per heavy atom. The highest BCUT2D eigenvalue weighted by molar-refractivity contribution is 5.40. The normalized spacial score (nSPS) is 16.2. The van der Waals surface area contributed by atoms with Gasteiger partial charge in [-0.05, 0) is 55.7 Å². The molecule has 1 saturated carbocycles. The lowest BCUT2D eigenvalue weighted by Crippen LogP contribution is -1.99. The quantitative estimate of drug-likeness (QED) is 0.673. The van der Waals surface area contributed by atoms with E-state index in [2.05, 4.69) is 25.8 Å². The van der Waals surface area contributed by atoms with Crippen LogP contribution >= 0.6 is 0 Å². The van der Waals surface area contributed by atoms with Gasteiger partial charge in [-0.25, -0.2) is 0 Å². The van der Waals surface area contributed by atoms with E-state index in [1.807, 2.05) is 6.20 Å². The Hall–Kier alpha value is -0.850. The van der Waals surface area contributed by atoms with E-state index in [1.165, 1.54) is 29.7 Å². The number of hydrogen-bond acceptors (Lipinski definition) is 1. The van der Waals surface area contributed by atoms with E-state index in [0.717, 1.165) is 12.3 Å². The van der Waals surface area contributed by atoms with Gasteiger partial charge in [0.1, 0.15) is 0 Å². The van der Waals surface area contributed by atoms with Crippen molar-refractivity contribution in [3.05, 3.63) is 28.6 Å². The smallest absolute Gasteiger partial charge is 0.0433 e. The van der Waals surface area contributed by atoms with Crippen LogP contribution in [0.3, 0.4) is 0 Å². The summed E-state index contributed by atoms with van der Waals surface area (Å²) >= 11 is 0. The van der Waals surface area contributed by atoms with E-state index in [9.17, 15) is 0 Å². The first-order valence-electron chi connectivity index (χ1n) is 5.19. The van der Waals surface area contributed by atoms with Crippen molar-refractivity contribution in [1.29, 1.82) is 0 Å². The first-order valence-corrected chi connectivity index (χ1v) is 5.19. The summed E-state index contributed by atoms with van der Waals surface area (Å²) in [5.41, 5.74) is 5.71. The van der Waals surface area contributed by atoms with E-state index < -0.39 is 0 Å². The lowest BCUT2D eigenvalue weighted by Gasteiger charge is -2.11. The van der Waals surface area contributed by atoms with Crippen LogP contribution in [0.5, 0.6) is 0 Å². The molecule has 1 aromatic rings. The number of pyridine rings is 1. The molecule has 0 amide bonds. The minimum Gasteiger partial charge on any atom is -0.261 e. The largest absolute Gasteiger partial charge is 0.261 e. The fourth-order valence-corrected chi connectivity index (χ4v) is 2.15. The highest BCUT2D eigenvalue weighted by atomic mass is 14.7. The van der Waals surface area contributed by atoms with Gasteiger partial charge in [0.2, 0.25) is 0 Å². The molecule has 13 heavy (non-hydrogen) atoms. The highest BCUT2D eigenvalue weighted by Crippen LogP contribution is 2.43. The lowest BCUT2D eigenvalue weighted by molar-refractivity contribution is 0.950. The van der Waals surface area contributed by atoms with Crippen LogP contribution in [0.1, 0.15) is 48.1 Å². The standard InChI is InChI=1S/C12H17N/c1-4-11-9(3)12(10-5-6-10)8(2)7-13-11/h7,10H,4-6H2,1-3H3. The fourth-order valence-electron chi connectivity index (χ4n) is 2.15. The van der Waals surface area contributed by atoms with Crippen LogP contribution in [0.25, 0.3) is 0 Å². The summed E-state index contributed by atoms with van der Waals surface area (Å²) in [6.07, 6.45) is 5.87. The molecule has 1 aliphatic rings. The number of rotatable bonds is 2. The first kappa shape index (κ1) is 8.74. The van der Waals surface area contributed by atoms with E-state index in [1.54, 1.807) is 5.56 Å². The maximum atomic E-state index is 4.47. The van der Waals surface area contributed by atoms with Gasteiger partial charge in [-0.15, -0.1) is 0 Å². The third-order valence-electron chi connectivity index (χ3n) is 3.00. The number of hydrogen-bond donors (Lipinski definition) is 0. The number of aryl methyl sites for hydroxylation is 2. The summed E-state index contributed by atoms with van der Waals surface area (Å²) in [5, 5.41) is 0. The lowest BCUT2D eigenvalue weighted by atomic mass is 9.98. The molecule has 0 N–H and O–H groups in total. The van der Waals surface area contributed by atoms with Crippen LogP contribution in [0.4, 0.5) is 0 Å². The molecule has 0 aromatic carbocycles. The van der Waals surface area contributed by atoms with Crippen molar-refractivity contribution in [2.45, 2.75) is 46.0 Å². The van der Waals surface area contributed by atoms with Gasteiger partial charge in [0.05, 0.1) is 0 Å². The molecule has 0 atom stereocenters. The average molecular weight is 175 g/mol. The van der Waals surface area contributed by atoms with Crippen LogP contribution in [0, 0.1) is 13.8 Å². The van der Waals surface area contributed by atoms with Crippen LogP contribution in [-0.2, 0) is 6.42 Å². The maximum absolute atomic E-state index is 4.47. The Balaban J connectivity index is 2.50. The molecule has 0 bridgehead atoms. The molecule has 1 aromatic heterocycles. The molecule has 1 heteroatoms. The second kappa shape index (κ2) is 3.13. The van der Waals surface area contributed by atoms with Gasteiger partial charge in [0, 0.05) is 11.9 Å². The Bertz CT molecular complexity index is 324. The Kier molecular flexibility index (Phi) is 2.10. The van der Waals surface area contributed by atoms with E-state index in [-0.39, 0.29) is 0 Å². The topological polar surface area (TPSA) is 12.9 Å². The first-order chi connectivity index (χ1) is 6.24. The van der Waals surface area contributed by atoms with Crippen molar-refractivity contribution < 1.29 is 0 Å². The van der Waals surface area contributed by atoms with Crippen molar-refractivity contribution in [1.82, 2.24) is 4.98 Å². The molecule has 1 aliphatic carbocycles. The zero-order chi connectivity index (χ0) is 9.42. The van der Waals surface area contributed by atoms with Crippen LogP contribution in [0.15, 0.2) is 6.20 Å². The molecule has 1 fully saturated rings. The minimum absolute atomic E-state index is 0.855.